The van der Waals surface area contributed by atoms with E-state index in [1.54, 1.807) is 0 Å². The van der Waals surface area contributed by atoms with Crippen LogP contribution in [0, 0.1) is 11.6 Å². The Morgan fingerprint density at radius 1 is 1.30 bits per heavy atom. The van der Waals surface area contributed by atoms with E-state index in [9.17, 15) is 8.78 Å². The minimum Gasteiger partial charge on any atom is -0.383 e. The van der Waals surface area contributed by atoms with E-state index >= 15 is 0 Å². The number of anilines is 1. The van der Waals surface area contributed by atoms with Crippen LogP contribution < -0.4 is 5.73 Å². The summed E-state index contributed by atoms with van der Waals surface area (Å²) in [7, 11) is 0. The molecule has 0 amide bonds. The molecule has 0 spiro atoms. The minimum absolute atomic E-state index is 0.420. The van der Waals surface area contributed by atoms with Gasteiger partial charge < -0.3 is 10.3 Å². The first-order valence-electron chi connectivity index (χ1n) is 6.93. The van der Waals surface area contributed by atoms with Crippen LogP contribution >= 0.6 is 0 Å². The lowest BCUT2D eigenvalue weighted by Crippen LogP contribution is -2.05. The standard InChI is InChI=1S/C15H17F2N3/c1-2-3-13-19-14(15(18)20(13)10-5-6-10)9-4-7-11(16)12(17)8-9/h4,7-8,10H,2-3,5-6,18H2,1H3. The highest BCUT2D eigenvalue weighted by molar-refractivity contribution is 5.71. The second-order valence-electron chi connectivity index (χ2n) is 5.24. The second kappa shape index (κ2) is 4.89. The van der Waals surface area contributed by atoms with E-state index in [1.165, 1.54) is 6.07 Å². The van der Waals surface area contributed by atoms with Gasteiger partial charge in [-0.1, -0.05) is 6.92 Å². The Morgan fingerprint density at radius 2 is 2.05 bits per heavy atom. The van der Waals surface area contributed by atoms with Crippen LogP contribution in [0.25, 0.3) is 11.3 Å². The molecule has 3 nitrogen and oxygen atoms in total. The van der Waals surface area contributed by atoms with Crippen molar-refractivity contribution >= 4 is 5.82 Å². The number of rotatable bonds is 4. The van der Waals surface area contributed by atoms with Crippen LogP contribution in [0.15, 0.2) is 18.2 Å². The number of nitrogen functional groups attached to an aromatic ring is 1. The van der Waals surface area contributed by atoms with Crippen molar-refractivity contribution in [1.29, 1.82) is 0 Å². The predicted molar refractivity (Wildman–Crippen MR) is 74.3 cm³/mol. The molecule has 1 aromatic carbocycles. The van der Waals surface area contributed by atoms with Gasteiger partial charge in [0.05, 0.1) is 0 Å². The monoisotopic (exact) mass is 277 g/mol. The van der Waals surface area contributed by atoms with Gasteiger partial charge in [0.2, 0.25) is 0 Å². The molecule has 1 aliphatic carbocycles. The molecule has 2 N–H and O–H groups in total. The summed E-state index contributed by atoms with van der Waals surface area (Å²) < 4.78 is 28.5. The zero-order valence-corrected chi connectivity index (χ0v) is 11.4. The van der Waals surface area contributed by atoms with Crippen LogP contribution in [0.5, 0.6) is 0 Å². The Balaban J connectivity index is 2.08. The summed E-state index contributed by atoms with van der Waals surface area (Å²) in [6.45, 7) is 2.08. The van der Waals surface area contributed by atoms with Crippen LogP contribution in [0.3, 0.4) is 0 Å². The molecule has 0 bridgehead atoms. The van der Waals surface area contributed by atoms with Crippen molar-refractivity contribution in [2.75, 3.05) is 5.73 Å². The summed E-state index contributed by atoms with van der Waals surface area (Å²) in [5.41, 5.74) is 7.26. The Bertz CT molecular complexity index is 645. The third-order valence-corrected chi connectivity index (χ3v) is 3.60. The molecule has 5 heteroatoms. The van der Waals surface area contributed by atoms with Crippen LogP contribution in [0.2, 0.25) is 0 Å². The van der Waals surface area contributed by atoms with Crippen LogP contribution in [0.4, 0.5) is 14.6 Å². The third-order valence-electron chi connectivity index (χ3n) is 3.60. The van der Waals surface area contributed by atoms with E-state index in [1.807, 2.05) is 0 Å². The Morgan fingerprint density at radius 3 is 2.65 bits per heavy atom. The topological polar surface area (TPSA) is 43.8 Å². The van der Waals surface area contributed by atoms with Gasteiger partial charge in [-0.3, -0.25) is 0 Å². The van der Waals surface area contributed by atoms with Crippen molar-refractivity contribution in [3.8, 4) is 11.3 Å². The fraction of sp³-hybridized carbons (Fsp3) is 0.400. The maximum Gasteiger partial charge on any atom is 0.159 e. The maximum absolute atomic E-state index is 13.4. The number of aryl methyl sites for hydroxylation is 1. The van der Waals surface area contributed by atoms with Crippen LogP contribution in [0.1, 0.15) is 38.1 Å². The van der Waals surface area contributed by atoms with Crippen molar-refractivity contribution in [2.45, 2.75) is 38.6 Å². The maximum atomic E-state index is 13.4. The Hall–Kier alpha value is -1.91. The largest absolute Gasteiger partial charge is 0.383 e. The second-order valence-corrected chi connectivity index (χ2v) is 5.24. The molecule has 0 unspecified atom stereocenters. The van der Waals surface area contributed by atoms with Gasteiger partial charge in [-0.25, -0.2) is 13.8 Å². The molecule has 20 heavy (non-hydrogen) atoms. The molecule has 0 aliphatic heterocycles. The number of hydrogen-bond acceptors (Lipinski definition) is 2. The number of aromatic nitrogens is 2. The van der Waals surface area contributed by atoms with Crippen LogP contribution in [-0.4, -0.2) is 9.55 Å². The first-order chi connectivity index (χ1) is 9.61. The number of benzene rings is 1. The van der Waals surface area contributed by atoms with E-state index in [0.29, 0.717) is 23.1 Å². The highest BCUT2D eigenvalue weighted by Crippen LogP contribution is 2.41. The lowest BCUT2D eigenvalue weighted by atomic mass is 10.1. The minimum atomic E-state index is -0.875. The summed E-state index contributed by atoms with van der Waals surface area (Å²) >= 11 is 0. The summed E-state index contributed by atoms with van der Waals surface area (Å²) in [6.07, 6.45) is 4.02. The summed E-state index contributed by atoms with van der Waals surface area (Å²) in [4.78, 5) is 4.55. The van der Waals surface area contributed by atoms with Crippen molar-refractivity contribution in [3.05, 3.63) is 35.7 Å². The molecule has 0 radical (unpaired) electrons. The lowest BCUT2D eigenvalue weighted by molar-refractivity contribution is 0.509. The molecule has 0 atom stereocenters. The van der Waals surface area contributed by atoms with E-state index in [4.69, 9.17) is 5.73 Å². The van der Waals surface area contributed by atoms with E-state index in [2.05, 4.69) is 16.5 Å². The zero-order chi connectivity index (χ0) is 14.3. The predicted octanol–water partition coefficient (Wildman–Crippen LogP) is 3.70. The molecule has 1 aliphatic rings. The third kappa shape index (κ3) is 2.17. The van der Waals surface area contributed by atoms with Crippen molar-refractivity contribution in [2.24, 2.45) is 0 Å². The molecule has 1 saturated carbocycles. The number of nitrogens with two attached hydrogens (primary N) is 1. The average Bonchev–Trinajstić information content (AvgIpc) is 3.19. The van der Waals surface area contributed by atoms with Gasteiger partial charge in [-0.2, -0.15) is 0 Å². The van der Waals surface area contributed by atoms with E-state index < -0.39 is 11.6 Å². The molecule has 3 rings (SSSR count). The Kier molecular flexibility index (Phi) is 3.20. The van der Waals surface area contributed by atoms with Gasteiger partial charge in [-0.05, 0) is 37.5 Å². The fourth-order valence-electron chi connectivity index (χ4n) is 2.49. The number of halogens is 2. The highest BCUT2D eigenvalue weighted by Gasteiger charge is 2.29. The van der Waals surface area contributed by atoms with Gasteiger partial charge >= 0.3 is 0 Å². The molecule has 106 valence electrons. The molecular weight excluding hydrogens is 260 g/mol. The fourth-order valence-corrected chi connectivity index (χ4v) is 2.49. The summed E-state index contributed by atoms with van der Waals surface area (Å²) in [5.74, 6) is -0.239. The molecule has 0 saturated heterocycles. The number of hydrogen-bond donors (Lipinski definition) is 1. The van der Waals surface area contributed by atoms with Gasteiger partial charge in [0.25, 0.3) is 0 Å². The van der Waals surface area contributed by atoms with Gasteiger partial charge in [0.1, 0.15) is 17.3 Å². The van der Waals surface area contributed by atoms with Crippen molar-refractivity contribution in [1.82, 2.24) is 9.55 Å². The smallest absolute Gasteiger partial charge is 0.159 e. The number of imidazole rings is 1. The molecular formula is C15H17F2N3. The first kappa shape index (κ1) is 13.1. The first-order valence-corrected chi connectivity index (χ1v) is 6.93. The summed E-state index contributed by atoms with van der Waals surface area (Å²) in [6, 6.07) is 4.20. The highest BCUT2D eigenvalue weighted by atomic mass is 19.2. The van der Waals surface area contributed by atoms with Crippen LogP contribution in [-0.2, 0) is 6.42 Å². The van der Waals surface area contributed by atoms with Gasteiger partial charge in [0.15, 0.2) is 11.6 Å². The van der Waals surface area contributed by atoms with E-state index in [0.717, 1.165) is 43.6 Å². The molecule has 1 fully saturated rings. The average molecular weight is 277 g/mol. The molecule has 2 aromatic rings. The van der Waals surface area contributed by atoms with Gasteiger partial charge in [0, 0.05) is 18.0 Å². The quantitative estimate of drug-likeness (QED) is 0.926. The summed E-state index contributed by atoms with van der Waals surface area (Å²) in [5, 5.41) is 0. The van der Waals surface area contributed by atoms with Gasteiger partial charge in [-0.15, -0.1) is 0 Å². The molecule has 1 heterocycles. The Labute approximate surface area is 116 Å². The van der Waals surface area contributed by atoms with Crippen molar-refractivity contribution in [3.63, 3.8) is 0 Å². The molecule has 1 aromatic heterocycles. The van der Waals surface area contributed by atoms with Crippen molar-refractivity contribution < 1.29 is 8.78 Å². The van der Waals surface area contributed by atoms with E-state index in [-0.39, 0.29) is 0 Å². The SMILES string of the molecule is CCCc1nc(-c2ccc(F)c(F)c2)c(N)n1C1CC1. The zero-order valence-electron chi connectivity index (χ0n) is 11.4. The normalized spacial score (nSPS) is 14.8. The number of nitrogens with zero attached hydrogens (tertiary/aromatic N) is 2. The lowest BCUT2D eigenvalue weighted by Gasteiger charge is -2.07.